The number of tetrazole rings is 1. The molecule has 0 N–H and O–H groups in total. The van der Waals surface area contributed by atoms with E-state index in [-0.39, 0.29) is 12.2 Å². The lowest BCUT2D eigenvalue weighted by Gasteiger charge is -2.07. The van der Waals surface area contributed by atoms with Crippen LogP contribution in [0.4, 0.5) is 0 Å². The van der Waals surface area contributed by atoms with Crippen LogP contribution in [0.1, 0.15) is 5.56 Å². The van der Waals surface area contributed by atoms with Gasteiger partial charge in [0.25, 0.3) is 0 Å². The van der Waals surface area contributed by atoms with Gasteiger partial charge in [0, 0.05) is 18.0 Å². The molecule has 0 aliphatic carbocycles. The predicted octanol–water partition coefficient (Wildman–Crippen LogP) is 1.24. The van der Waals surface area contributed by atoms with E-state index in [9.17, 15) is 4.79 Å². The molecule has 0 unspecified atom stereocenters. The number of rotatable bonds is 3. The zero-order valence-electron chi connectivity index (χ0n) is 11.4. The molecule has 0 amide bonds. The van der Waals surface area contributed by atoms with Crippen LogP contribution in [-0.2, 0) is 13.6 Å². The molecular weight excluding hydrogens is 294 g/mol. The van der Waals surface area contributed by atoms with E-state index in [0.717, 1.165) is 21.3 Å². The van der Waals surface area contributed by atoms with Gasteiger partial charge in [-0.25, -0.2) is 9.78 Å². The van der Waals surface area contributed by atoms with Crippen molar-refractivity contribution in [3.63, 3.8) is 0 Å². The number of aromatic nitrogens is 5. The second-order valence-corrected chi connectivity index (χ2v) is 4.90. The van der Waals surface area contributed by atoms with Crippen LogP contribution in [0.3, 0.4) is 0 Å². The van der Waals surface area contributed by atoms with E-state index >= 15 is 0 Å². The van der Waals surface area contributed by atoms with E-state index < -0.39 is 0 Å². The number of ether oxygens (including phenoxy) is 1. The fraction of sp³-hybridized carbons (Fsp3) is 0.231. The van der Waals surface area contributed by atoms with Gasteiger partial charge in [-0.2, -0.15) is 9.36 Å². The van der Waals surface area contributed by atoms with Gasteiger partial charge in [0.1, 0.15) is 10.9 Å². The molecule has 3 aromatic rings. The molecule has 108 valence electrons. The van der Waals surface area contributed by atoms with Crippen LogP contribution in [0.2, 0.25) is 5.15 Å². The summed E-state index contributed by atoms with van der Waals surface area (Å²) in [5.41, 5.74) is 1.15. The number of hydrogen-bond acceptors (Lipinski definition) is 5. The Morgan fingerprint density at radius 3 is 2.76 bits per heavy atom. The molecule has 0 saturated carbocycles. The molecule has 0 aliphatic heterocycles. The van der Waals surface area contributed by atoms with Crippen LogP contribution in [0.25, 0.3) is 10.9 Å². The van der Waals surface area contributed by atoms with Gasteiger partial charge in [-0.1, -0.05) is 11.6 Å². The third kappa shape index (κ3) is 2.47. The van der Waals surface area contributed by atoms with Gasteiger partial charge in [0.15, 0.2) is 0 Å². The Balaban J connectivity index is 2.07. The van der Waals surface area contributed by atoms with E-state index in [2.05, 4.69) is 15.4 Å². The van der Waals surface area contributed by atoms with Crippen LogP contribution < -0.4 is 10.4 Å². The fourth-order valence-electron chi connectivity index (χ4n) is 2.03. The number of pyridine rings is 1. The van der Waals surface area contributed by atoms with Crippen LogP contribution >= 0.6 is 11.6 Å². The molecule has 0 bridgehead atoms. The van der Waals surface area contributed by atoms with Gasteiger partial charge in [0.05, 0.1) is 19.2 Å². The summed E-state index contributed by atoms with van der Waals surface area (Å²) >= 11 is 6.17. The highest BCUT2D eigenvalue weighted by molar-refractivity contribution is 6.30. The summed E-state index contributed by atoms with van der Waals surface area (Å²) in [6.45, 7) is 0.214. The molecule has 3 rings (SSSR count). The van der Waals surface area contributed by atoms with E-state index in [1.54, 1.807) is 7.11 Å². The van der Waals surface area contributed by atoms with E-state index in [1.807, 2.05) is 24.3 Å². The van der Waals surface area contributed by atoms with Crippen molar-refractivity contribution in [2.75, 3.05) is 7.11 Å². The SMILES string of the molecule is COc1ccc2nc(Cl)c(Cn3nnn(C)c3=O)cc2c1. The molecule has 0 saturated heterocycles. The Bertz CT molecular complexity index is 871. The number of aryl methyl sites for hydroxylation is 1. The van der Waals surface area contributed by atoms with E-state index in [1.165, 1.54) is 11.7 Å². The largest absolute Gasteiger partial charge is 0.497 e. The summed E-state index contributed by atoms with van der Waals surface area (Å²) in [5.74, 6) is 0.731. The quantitative estimate of drug-likeness (QED) is 0.681. The Kier molecular flexibility index (Phi) is 3.34. The van der Waals surface area contributed by atoms with Gasteiger partial charge in [-0.3, -0.25) is 0 Å². The predicted molar refractivity (Wildman–Crippen MR) is 77.7 cm³/mol. The first-order valence-corrected chi connectivity index (χ1v) is 6.56. The van der Waals surface area contributed by atoms with Crippen molar-refractivity contribution in [1.82, 2.24) is 24.8 Å². The maximum atomic E-state index is 11.8. The van der Waals surface area contributed by atoms with Gasteiger partial charge in [-0.15, -0.1) is 0 Å². The minimum atomic E-state index is -0.309. The zero-order valence-corrected chi connectivity index (χ0v) is 12.2. The van der Waals surface area contributed by atoms with Crippen LogP contribution in [0, 0.1) is 0 Å². The van der Waals surface area contributed by atoms with Crippen LogP contribution in [0.5, 0.6) is 5.75 Å². The second kappa shape index (κ2) is 5.17. The molecule has 0 fully saturated rings. The highest BCUT2D eigenvalue weighted by Gasteiger charge is 2.10. The van der Waals surface area contributed by atoms with E-state index in [0.29, 0.717) is 10.7 Å². The molecule has 0 aliphatic rings. The Labute approximate surface area is 124 Å². The number of nitrogens with zero attached hydrogens (tertiary/aromatic N) is 5. The minimum Gasteiger partial charge on any atom is -0.497 e. The average molecular weight is 306 g/mol. The molecule has 8 heteroatoms. The molecule has 1 aromatic carbocycles. The molecule has 0 spiro atoms. The zero-order chi connectivity index (χ0) is 15.0. The van der Waals surface area contributed by atoms with Gasteiger partial charge < -0.3 is 4.74 Å². The normalized spacial score (nSPS) is 11.0. The monoisotopic (exact) mass is 305 g/mol. The minimum absolute atomic E-state index is 0.214. The molecule has 0 atom stereocenters. The van der Waals surface area contributed by atoms with Crippen molar-refractivity contribution in [1.29, 1.82) is 0 Å². The smallest absolute Gasteiger partial charge is 0.363 e. The van der Waals surface area contributed by atoms with Crippen molar-refractivity contribution < 1.29 is 4.74 Å². The summed E-state index contributed by atoms with van der Waals surface area (Å²) in [6, 6.07) is 7.38. The standard InChI is InChI=1S/C13H12ClN5O2/c1-18-13(20)19(17-16-18)7-9-5-8-6-10(21-2)3-4-11(8)15-12(9)14/h3-6H,7H2,1-2H3. The summed E-state index contributed by atoms with van der Waals surface area (Å²) < 4.78 is 7.58. The van der Waals surface area contributed by atoms with Crippen LogP contribution in [0.15, 0.2) is 29.1 Å². The summed E-state index contributed by atoms with van der Waals surface area (Å²) in [5, 5.41) is 8.66. The third-order valence-corrected chi connectivity index (χ3v) is 3.48. The summed E-state index contributed by atoms with van der Waals surface area (Å²) in [7, 11) is 3.14. The number of benzene rings is 1. The number of halogens is 1. The highest BCUT2D eigenvalue weighted by atomic mass is 35.5. The maximum absolute atomic E-state index is 11.8. The van der Waals surface area contributed by atoms with Gasteiger partial charge in [0.2, 0.25) is 0 Å². The maximum Gasteiger partial charge on any atom is 0.363 e. The van der Waals surface area contributed by atoms with Crippen LogP contribution in [-0.4, -0.2) is 31.9 Å². The third-order valence-electron chi connectivity index (χ3n) is 3.15. The summed E-state index contributed by atoms with van der Waals surface area (Å²) in [4.78, 5) is 16.1. The average Bonchev–Trinajstić information content (AvgIpc) is 2.79. The Morgan fingerprint density at radius 2 is 2.10 bits per heavy atom. The molecule has 2 heterocycles. The first kappa shape index (κ1) is 13.6. The Morgan fingerprint density at radius 1 is 1.29 bits per heavy atom. The molecule has 21 heavy (non-hydrogen) atoms. The molecular formula is C13H12ClN5O2. The number of fused-ring (bicyclic) bond motifs is 1. The lowest BCUT2D eigenvalue weighted by atomic mass is 10.1. The second-order valence-electron chi connectivity index (χ2n) is 4.54. The van der Waals surface area contributed by atoms with Gasteiger partial charge >= 0.3 is 5.69 Å². The first-order chi connectivity index (χ1) is 10.1. The lowest BCUT2D eigenvalue weighted by Crippen LogP contribution is -2.23. The fourth-order valence-corrected chi connectivity index (χ4v) is 2.23. The number of hydrogen-bond donors (Lipinski definition) is 0. The van der Waals surface area contributed by atoms with Crippen molar-refractivity contribution in [3.8, 4) is 5.75 Å². The Hall–Kier alpha value is -2.41. The molecule has 2 aromatic heterocycles. The first-order valence-electron chi connectivity index (χ1n) is 6.18. The number of methoxy groups -OCH3 is 1. The lowest BCUT2D eigenvalue weighted by molar-refractivity contribution is 0.415. The van der Waals surface area contributed by atoms with Crippen molar-refractivity contribution in [3.05, 3.63) is 45.5 Å². The topological polar surface area (TPSA) is 74.8 Å². The van der Waals surface area contributed by atoms with Crippen molar-refractivity contribution in [2.45, 2.75) is 6.54 Å². The van der Waals surface area contributed by atoms with Crippen molar-refractivity contribution >= 4 is 22.5 Å². The molecule has 0 radical (unpaired) electrons. The highest BCUT2D eigenvalue weighted by Crippen LogP contribution is 2.24. The summed E-state index contributed by atoms with van der Waals surface area (Å²) in [6.07, 6.45) is 0. The molecule has 7 nitrogen and oxygen atoms in total. The van der Waals surface area contributed by atoms with Crippen molar-refractivity contribution in [2.24, 2.45) is 7.05 Å². The van der Waals surface area contributed by atoms with E-state index in [4.69, 9.17) is 16.3 Å². The van der Waals surface area contributed by atoms with Gasteiger partial charge in [-0.05, 0) is 34.7 Å².